The molecule has 2 N–H and O–H groups in total. The molecule has 6 heteroatoms. The fourth-order valence-corrected chi connectivity index (χ4v) is 2.25. The van der Waals surface area contributed by atoms with Crippen LogP contribution in [-0.4, -0.2) is 28.9 Å². The molecule has 0 radical (unpaired) electrons. The van der Waals surface area contributed by atoms with E-state index in [0.717, 1.165) is 12.8 Å². The molecule has 0 aliphatic heterocycles. The number of halogens is 1. The molecule has 0 aromatic heterocycles. The van der Waals surface area contributed by atoms with Gasteiger partial charge in [0.15, 0.2) is 0 Å². The number of carbonyl (C=O) groups is 2. The van der Waals surface area contributed by atoms with Gasteiger partial charge in [0.1, 0.15) is 5.82 Å². The van der Waals surface area contributed by atoms with Gasteiger partial charge in [-0.1, -0.05) is 0 Å². The second-order valence-electron chi connectivity index (χ2n) is 4.79. The lowest BCUT2D eigenvalue weighted by molar-refractivity contribution is -0.120. The van der Waals surface area contributed by atoms with Crippen LogP contribution in [0.3, 0.4) is 0 Å². The minimum absolute atomic E-state index is 0.0212. The van der Waals surface area contributed by atoms with E-state index in [1.807, 2.05) is 0 Å². The van der Waals surface area contributed by atoms with Crippen LogP contribution < -0.4 is 10.6 Å². The first-order valence-electron chi connectivity index (χ1n) is 6.52. The lowest BCUT2D eigenvalue weighted by Gasteiger charge is -2.11. The summed E-state index contributed by atoms with van der Waals surface area (Å²) in [7, 11) is 0. The maximum absolute atomic E-state index is 12.7. The number of benzene rings is 1. The Labute approximate surface area is 121 Å². The Balaban J connectivity index is 1.71. The zero-order valence-corrected chi connectivity index (χ0v) is 12.0. The summed E-state index contributed by atoms with van der Waals surface area (Å²) in [6, 6.07) is 5.91. The summed E-state index contributed by atoms with van der Waals surface area (Å²) in [5.41, 5.74) is 0.548. The Kier molecular flexibility index (Phi) is 5.00. The van der Waals surface area contributed by atoms with Gasteiger partial charge in [0.25, 0.3) is 0 Å². The average molecular weight is 296 g/mol. The second kappa shape index (κ2) is 6.74. The molecule has 1 atom stereocenters. The summed E-state index contributed by atoms with van der Waals surface area (Å²) in [6.45, 7) is 1.79. The zero-order chi connectivity index (χ0) is 14.5. The Morgan fingerprint density at radius 1 is 1.35 bits per heavy atom. The van der Waals surface area contributed by atoms with E-state index in [1.54, 1.807) is 6.92 Å². The van der Waals surface area contributed by atoms with Gasteiger partial charge in [-0.25, -0.2) is 4.39 Å². The first-order chi connectivity index (χ1) is 9.54. The number of amides is 2. The highest BCUT2D eigenvalue weighted by atomic mass is 32.2. The molecule has 1 aromatic rings. The predicted molar refractivity (Wildman–Crippen MR) is 78.1 cm³/mol. The molecule has 1 aliphatic carbocycles. The molecule has 108 valence electrons. The van der Waals surface area contributed by atoms with E-state index in [9.17, 15) is 14.0 Å². The summed E-state index contributed by atoms with van der Waals surface area (Å²) >= 11 is 1.29. The summed E-state index contributed by atoms with van der Waals surface area (Å²) < 4.78 is 12.7. The third kappa shape index (κ3) is 4.85. The van der Waals surface area contributed by atoms with Crippen LogP contribution >= 0.6 is 11.8 Å². The Morgan fingerprint density at radius 2 is 2.00 bits per heavy atom. The molecule has 1 aliphatic rings. The van der Waals surface area contributed by atoms with E-state index in [1.165, 1.54) is 36.0 Å². The third-order valence-corrected chi connectivity index (χ3v) is 4.03. The zero-order valence-electron chi connectivity index (χ0n) is 11.2. The lowest BCUT2D eigenvalue weighted by Crippen LogP contribution is -2.33. The van der Waals surface area contributed by atoms with Crippen molar-refractivity contribution in [2.75, 3.05) is 11.1 Å². The van der Waals surface area contributed by atoms with Crippen molar-refractivity contribution in [2.24, 2.45) is 0 Å². The van der Waals surface area contributed by atoms with Crippen LogP contribution in [0.1, 0.15) is 19.8 Å². The summed E-state index contributed by atoms with van der Waals surface area (Å²) in [4.78, 5) is 23.4. The number of carbonyl (C=O) groups excluding carboxylic acids is 2. The fraction of sp³-hybridized carbons (Fsp3) is 0.429. The van der Waals surface area contributed by atoms with Crippen molar-refractivity contribution in [3.05, 3.63) is 30.1 Å². The minimum atomic E-state index is -0.345. The molecular formula is C14H17FN2O2S. The third-order valence-electron chi connectivity index (χ3n) is 2.89. The number of hydrogen-bond acceptors (Lipinski definition) is 3. The van der Waals surface area contributed by atoms with Gasteiger partial charge in [0.2, 0.25) is 11.8 Å². The number of anilines is 1. The van der Waals surface area contributed by atoms with Gasteiger partial charge in [-0.3, -0.25) is 9.59 Å². The van der Waals surface area contributed by atoms with Gasteiger partial charge < -0.3 is 10.6 Å². The van der Waals surface area contributed by atoms with Crippen LogP contribution in [0.4, 0.5) is 10.1 Å². The number of thioether (sulfide) groups is 1. The average Bonchev–Trinajstić information content (AvgIpc) is 3.22. The highest BCUT2D eigenvalue weighted by Crippen LogP contribution is 2.20. The van der Waals surface area contributed by atoms with Gasteiger partial charge in [-0.05, 0) is 44.0 Å². The fourth-order valence-electron chi connectivity index (χ4n) is 1.55. The normalized spacial score (nSPS) is 15.5. The smallest absolute Gasteiger partial charge is 0.234 e. The molecule has 1 saturated carbocycles. The van der Waals surface area contributed by atoms with E-state index in [-0.39, 0.29) is 28.6 Å². The SMILES string of the molecule is C[C@@H](SCC(=O)Nc1ccc(F)cc1)C(=O)NC1CC1. The van der Waals surface area contributed by atoms with E-state index in [4.69, 9.17) is 0 Å². The first-order valence-corrected chi connectivity index (χ1v) is 7.57. The van der Waals surface area contributed by atoms with Crippen LogP contribution in [0.2, 0.25) is 0 Å². The number of rotatable bonds is 6. The molecule has 1 aromatic carbocycles. The van der Waals surface area contributed by atoms with Crippen molar-refractivity contribution < 1.29 is 14.0 Å². The first kappa shape index (κ1) is 14.8. The molecule has 0 unspecified atom stereocenters. The highest BCUT2D eigenvalue weighted by molar-refractivity contribution is 8.01. The minimum Gasteiger partial charge on any atom is -0.352 e. The van der Waals surface area contributed by atoms with Gasteiger partial charge in [-0.2, -0.15) is 0 Å². The molecular weight excluding hydrogens is 279 g/mol. The van der Waals surface area contributed by atoms with Crippen molar-refractivity contribution in [2.45, 2.75) is 31.1 Å². The van der Waals surface area contributed by atoms with Gasteiger partial charge in [-0.15, -0.1) is 11.8 Å². The topological polar surface area (TPSA) is 58.2 Å². The van der Waals surface area contributed by atoms with Gasteiger partial charge >= 0.3 is 0 Å². The van der Waals surface area contributed by atoms with Crippen molar-refractivity contribution in [3.8, 4) is 0 Å². The maximum Gasteiger partial charge on any atom is 0.234 e. The van der Waals surface area contributed by atoms with Crippen LogP contribution in [0.25, 0.3) is 0 Å². The summed E-state index contributed by atoms with van der Waals surface area (Å²) in [6.07, 6.45) is 2.10. The van der Waals surface area contributed by atoms with Crippen molar-refractivity contribution >= 4 is 29.3 Å². The van der Waals surface area contributed by atoms with E-state index in [2.05, 4.69) is 10.6 Å². The van der Waals surface area contributed by atoms with Crippen molar-refractivity contribution in [3.63, 3.8) is 0 Å². The molecule has 0 bridgehead atoms. The molecule has 2 amide bonds. The van der Waals surface area contributed by atoms with E-state index < -0.39 is 0 Å². The lowest BCUT2D eigenvalue weighted by atomic mass is 10.3. The Bertz CT molecular complexity index is 488. The van der Waals surface area contributed by atoms with Crippen LogP contribution in [0, 0.1) is 5.82 Å². The predicted octanol–water partition coefficient (Wildman–Crippen LogP) is 2.16. The molecule has 0 spiro atoms. The molecule has 4 nitrogen and oxygen atoms in total. The Hall–Kier alpha value is -1.56. The Morgan fingerprint density at radius 3 is 2.60 bits per heavy atom. The molecule has 0 heterocycles. The standard InChI is InChI=1S/C14H17FN2O2S/c1-9(14(19)17-12-6-7-12)20-8-13(18)16-11-4-2-10(15)3-5-11/h2-5,9,12H,6-8H2,1H3,(H,16,18)(H,17,19)/t9-/m1/s1. The maximum atomic E-state index is 12.7. The summed E-state index contributed by atoms with van der Waals surface area (Å²) in [5, 5.41) is 5.30. The van der Waals surface area contributed by atoms with E-state index >= 15 is 0 Å². The largest absolute Gasteiger partial charge is 0.352 e. The molecule has 1 fully saturated rings. The van der Waals surface area contributed by atoms with Crippen molar-refractivity contribution in [1.29, 1.82) is 0 Å². The summed E-state index contributed by atoms with van der Waals surface area (Å²) in [5.74, 6) is -0.376. The molecule has 2 rings (SSSR count). The van der Waals surface area contributed by atoms with Crippen LogP contribution in [0.5, 0.6) is 0 Å². The van der Waals surface area contributed by atoms with Gasteiger partial charge in [0.05, 0.1) is 11.0 Å². The number of hydrogen-bond donors (Lipinski definition) is 2. The van der Waals surface area contributed by atoms with Crippen LogP contribution in [0.15, 0.2) is 24.3 Å². The highest BCUT2D eigenvalue weighted by Gasteiger charge is 2.25. The molecule has 20 heavy (non-hydrogen) atoms. The number of nitrogens with one attached hydrogen (secondary N) is 2. The molecule has 0 saturated heterocycles. The quantitative estimate of drug-likeness (QED) is 0.846. The van der Waals surface area contributed by atoms with Crippen molar-refractivity contribution in [1.82, 2.24) is 5.32 Å². The monoisotopic (exact) mass is 296 g/mol. The van der Waals surface area contributed by atoms with E-state index in [0.29, 0.717) is 11.7 Å². The van der Waals surface area contributed by atoms with Crippen LogP contribution in [-0.2, 0) is 9.59 Å². The van der Waals surface area contributed by atoms with Gasteiger partial charge in [0, 0.05) is 11.7 Å². The second-order valence-corrected chi connectivity index (χ2v) is 6.12.